The van der Waals surface area contributed by atoms with Crippen LogP contribution in [0, 0.1) is 13.8 Å². The molecule has 0 fully saturated rings. The Bertz CT molecular complexity index is 1210. The molecular weight excluding hydrogens is 446 g/mol. The predicted octanol–water partition coefficient (Wildman–Crippen LogP) is 5.52. The lowest BCUT2D eigenvalue weighted by atomic mass is 10.2. The molecule has 0 aliphatic carbocycles. The van der Waals surface area contributed by atoms with Crippen molar-refractivity contribution in [3.8, 4) is 11.4 Å². The van der Waals surface area contributed by atoms with Gasteiger partial charge in [0, 0.05) is 45.4 Å². The fourth-order valence-electron chi connectivity index (χ4n) is 2.97. The number of hydrogen-bond donors (Lipinski definition) is 1. The number of hydrogen-bond acceptors (Lipinski definition) is 7. The highest BCUT2D eigenvalue weighted by atomic mass is 35.5. The highest BCUT2D eigenvalue weighted by Crippen LogP contribution is 2.26. The Hall–Kier alpha value is -3.23. The second kappa shape index (κ2) is 9.93. The van der Waals surface area contributed by atoms with E-state index in [1.165, 1.54) is 11.8 Å². The molecule has 0 aliphatic heterocycles. The van der Waals surface area contributed by atoms with E-state index in [-0.39, 0.29) is 12.3 Å². The van der Waals surface area contributed by atoms with Crippen molar-refractivity contribution in [2.24, 2.45) is 0 Å². The van der Waals surface area contributed by atoms with Gasteiger partial charge in [-0.25, -0.2) is 9.97 Å². The molecule has 7 nitrogen and oxygen atoms in total. The normalized spacial score (nSPS) is 10.8. The maximum absolute atomic E-state index is 12.3. The Balaban J connectivity index is 1.29. The summed E-state index contributed by atoms with van der Waals surface area (Å²) in [6, 6.07) is 16.7. The number of nitrogens with zero attached hydrogens (tertiary/aromatic N) is 4. The van der Waals surface area contributed by atoms with Gasteiger partial charge in [-0.2, -0.15) is 4.98 Å². The van der Waals surface area contributed by atoms with Gasteiger partial charge in [-0.3, -0.25) is 4.79 Å². The van der Waals surface area contributed by atoms with Crippen LogP contribution in [0.15, 0.2) is 69.2 Å². The van der Waals surface area contributed by atoms with Crippen molar-refractivity contribution in [1.82, 2.24) is 20.1 Å². The summed E-state index contributed by atoms with van der Waals surface area (Å²) >= 11 is 7.38. The lowest BCUT2D eigenvalue weighted by Gasteiger charge is -2.06. The fourth-order valence-corrected chi connectivity index (χ4v) is 3.96. The highest BCUT2D eigenvalue weighted by molar-refractivity contribution is 7.99. The monoisotopic (exact) mass is 465 g/mol. The number of aryl methyl sites for hydroxylation is 3. The van der Waals surface area contributed by atoms with E-state index in [1.54, 1.807) is 12.1 Å². The van der Waals surface area contributed by atoms with Crippen LogP contribution in [-0.4, -0.2) is 26.0 Å². The van der Waals surface area contributed by atoms with Crippen LogP contribution < -0.4 is 5.32 Å². The maximum Gasteiger partial charge on any atom is 0.227 e. The molecular formula is C23H20ClN5O2S. The summed E-state index contributed by atoms with van der Waals surface area (Å²) in [7, 11) is 0. The second-order valence-electron chi connectivity index (χ2n) is 7.13. The zero-order valence-corrected chi connectivity index (χ0v) is 19.1. The van der Waals surface area contributed by atoms with Crippen molar-refractivity contribution in [1.29, 1.82) is 0 Å². The highest BCUT2D eigenvalue weighted by Gasteiger charge is 2.11. The number of amides is 1. The van der Waals surface area contributed by atoms with E-state index in [1.807, 2.05) is 56.3 Å². The number of halogens is 1. The molecule has 0 radical (unpaired) electrons. The van der Waals surface area contributed by atoms with Gasteiger partial charge in [0.1, 0.15) is 0 Å². The predicted molar refractivity (Wildman–Crippen MR) is 124 cm³/mol. The quantitative estimate of drug-likeness (QED) is 0.359. The molecule has 1 N–H and O–H groups in total. The fraction of sp³-hybridized carbons (Fsp3) is 0.174. The molecule has 162 valence electrons. The largest absolute Gasteiger partial charge is 0.339 e. The molecule has 0 spiro atoms. The van der Waals surface area contributed by atoms with E-state index >= 15 is 0 Å². The van der Waals surface area contributed by atoms with Gasteiger partial charge in [-0.15, -0.1) is 0 Å². The van der Waals surface area contributed by atoms with Crippen molar-refractivity contribution >= 4 is 35.0 Å². The van der Waals surface area contributed by atoms with Gasteiger partial charge in [0.15, 0.2) is 5.16 Å². The van der Waals surface area contributed by atoms with Crippen LogP contribution in [0.25, 0.3) is 11.4 Å². The van der Waals surface area contributed by atoms with Crippen LogP contribution in [0.3, 0.4) is 0 Å². The van der Waals surface area contributed by atoms with Gasteiger partial charge in [0.05, 0.1) is 0 Å². The van der Waals surface area contributed by atoms with E-state index in [4.69, 9.17) is 16.1 Å². The first-order valence-electron chi connectivity index (χ1n) is 9.93. The molecule has 9 heteroatoms. The Morgan fingerprint density at radius 3 is 2.38 bits per heavy atom. The third-order valence-corrected chi connectivity index (χ3v) is 5.57. The standard InChI is InChI=1S/C23H20ClN5O2S/c1-14-13-15(2)26-23(25-14)32-19-9-7-18(8-10-19)27-20(30)11-12-21-28-22(29-31-21)16-3-5-17(24)6-4-16/h3-10,13H,11-12H2,1-2H3,(H,27,30). The zero-order chi connectivity index (χ0) is 22.5. The lowest BCUT2D eigenvalue weighted by Crippen LogP contribution is -2.12. The second-order valence-corrected chi connectivity index (χ2v) is 8.60. The van der Waals surface area contributed by atoms with Crippen LogP contribution in [0.4, 0.5) is 5.69 Å². The molecule has 0 saturated carbocycles. The third kappa shape index (κ3) is 5.93. The molecule has 0 unspecified atom stereocenters. The third-order valence-electron chi connectivity index (χ3n) is 4.45. The van der Waals surface area contributed by atoms with Gasteiger partial charge >= 0.3 is 0 Å². The summed E-state index contributed by atoms with van der Waals surface area (Å²) in [5.74, 6) is 0.748. The first-order chi connectivity index (χ1) is 15.4. The van der Waals surface area contributed by atoms with Crippen molar-refractivity contribution < 1.29 is 9.32 Å². The number of carbonyl (C=O) groups excluding carboxylic acids is 1. The number of rotatable bonds is 7. The molecule has 1 amide bonds. The van der Waals surface area contributed by atoms with Crippen molar-refractivity contribution in [2.45, 2.75) is 36.7 Å². The molecule has 0 saturated heterocycles. The van der Waals surface area contributed by atoms with Gasteiger partial charge < -0.3 is 9.84 Å². The zero-order valence-electron chi connectivity index (χ0n) is 17.5. The van der Waals surface area contributed by atoms with E-state index in [9.17, 15) is 4.79 Å². The molecule has 0 bridgehead atoms. The van der Waals surface area contributed by atoms with Gasteiger partial charge in [-0.05, 0) is 80.2 Å². The van der Waals surface area contributed by atoms with Gasteiger partial charge in [-0.1, -0.05) is 16.8 Å². The average Bonchev–Trinajstić information content (AvgIpc) is 3.23. The summed E-state index contributed by atoms with van der Waals surface area (Å²) in [6.45, 7) is 3.90. The molecule has 0 aliphatic rings. The summed E-state index contributed by atoms with van der Waals surface area (Å²) in [4.78, 5) is 26.5. The summed E-state index contributed by atoms with van der Waals surface area (Å²) in [5.41, 5.74) is 3.39. The minimum atomic E-state index is -0.130. The molecule has 0 atom stereocenters. The minimum absolute atomic E-state index is 0.130. The van der Waals surface area contributed by atoms with E-state index in [2.05, 4.69) is 25.4 Å². The van der Waals surface area contributed by atoms with Crippen LogP contribution in [0.2, 0.25) is 5.02 Å². The molecule has 2 heterocycles. The minimum Gasteiger partial charge on any atom is -0.339 e. The van der Waals surface area contributed by atoms with Crippen molar-refractivity contribution in [3.63, 3.8) is 0 Å². The average molecular weight is 466 g/mol. The van der Waals surface area contributed by atoms with E-state index < -0.39 is 0 Å². The van der Waals surface area contributed by atoms with E-state index in [0.717, 1.165) is 21.8 Å². The molecule has 2 aromatic heterocycles. The Labute approximate surface area is 194 Å². The summed E-state index contributed by atoms with van der Waals surface area (Å²) in [5, 5.41) is 8.19. The van der Waals surface area contributed by atoms with Crippen LogP contribution in [-0.2, 0) is 11.2 Å². The van der Waals surface area contributed by atoms with Crippen molar-refractivity contribution in [3.05, 3.63) is 76.9 Å². The number of nitrogens with one attached hydrogen (secondary N) is 1. The van der Waals surface area contributed by atoms with Crippen LogP contribution in [0.1, 0.15) is 23.7 Å². The maximum atomic E-state index is 12.3. The topological polar surface area (TPSA) is 93.8 Å². The summed E-state index contributed by atoms with van der Waals surface area (Å²) in [6.07, 6.45) is 0.583. The van der Waals surface area contributed by atoms with Crippen molar-refractivity contribution in [2.75, 3.05) is 5.32 Å². The first kappa shape index (κ1) is 22.0. The Morgan fingerprint density at radius 2 is 1.69 bits per heavy atom. The van der Waals surface area contributed by atoms with Gasteiger partial charge in [0.2, 0.25) is 17.6 Å². The van der Waals surface area contributed by atoms with Crippen LogP contribution >= 0.6 is 23.4 Å². The number of aromatic nitrogens is 4. The number of benzene rings is 2. The molecule has 4 rings (SSSR count). The smallest absolute Gasteiger partial charge is 0.227 e. The molecule has 4 aromatic rings. The Kier molecular flexibility index (Phi) is 6.82. The van der Waals surface area contributed by atoms with E-state index in [0.29, 0.717) is 34.0 Å². The Morgan fingerprint density at radius 1 is 1.00 bits per heavy atom. The molecule has 32 heavy (non-hydrogen) atoms. The lowest BCUT2D eigenvalue weighted by molar-refractivity contribution is -0.116. The number of anilines is 1. The SMILES string of the molecule is Cc1cc(C)nc(Sc2ccc(NC(=O)CCc3nc(-c4ccc(Cl)cc4)no3)cc2)n1. The molecule has 2 aromatic carbocycles. The first-order valence-corrected chi connectivity index (χ1v) is 11.1. The number of carbonyl (C=O) groups is 1. The van der Waals surface area contributed by atoms with Gasteiger partial charge in [0.25, 0.3) is 0 Å². The summed E-state index contributed by atoms with van der Waals surface area (Å²) < 4.78 is 5.25. The van der Waals surface area contributed by atoms with Crippen LogP contribution in [0.5, 0.6) is 0 Å².